The van der Waals surface area contributed by atoms with E-state index in [0.29, 0.717) is 12.1 Å². The van der Waals surface area contributed by atoms with Gasteiger partial charge in [-0.3, -0.25) is 9.59 Å². The molecule has 2 amide bonds. The number of halogens is 3. The van der Waals surface area contributed by atoms with Gasteiger partial charge in [0, 0.05) is 32.6 Å². The molecule has 2 aromatic rings. The van der Waals surface area contributed by atoms with E-state index < -0.39 is 23.6 Å². The zero-order valence-electron chi connectivity index (χ0n) is 17.0. The Morgan fingerprint density at radius 3 is 2.40 bits per heavy atom. The Labute approximate surface area is 174 Å². The molecule has 7 heteroatoms. The largest absolute Gasteiger partial charge is 0.416 e. The molecule has 1 heterocycles. The van der Waals surface area contributed by atoms with E-state index in [1.807, 2.05) is 37.3 Å². The van der Waals surface area contributed by atoms with Gasteiger partial charge in [0.05, 0.1) is 17.9 Å². The third kappa shape index (κ3) is 4.83. The fraction of sp³-hybridized carbons (Fsp3) is 0.391. The SMILES string of the molecule is CCN(C)C(=O)C1CN(C(=O)Cc2ccccc2)CC1c1cccc(C(F)(F)F)c1. The molecule has 1 aliphatic heterocycles. The molecule has 2 aromatic carbocycles. The number of carbonyl (C=O) groups is 2. The van der Waals surface area contributed by atoms with Crippen LogP contribution in [0.1, 0.15) is 29.5 Å². The van der Waals surface area contributed by atoms with E-state index in [2.05, 4.69) is 0 Å². The lowest BCUT2D eigenvalue weighted by Crippen LogP contribution is -2.37. The second-order valence-electron chi connectivity index (χ2n) is 7.65. The van der Waals surface area contributed by atoms with Crippen LogP contribution in [0.2, 0.25) is 0 Å². The summed E-state index contributed by atoms with van der Waals surface area (Å²) in [5, 5.41) is 0. The topological polar surface area (TPSA) is 40.6 Å². The molecule has 2 unspecified atom stereocenters. The fourth-order valence-corrected chi connectivity index (χ4v) is 3.86. The highest BCUT2D eigenvalue weighted by Crippen LogP contribution is 2.37. The molecule has 0 N–H and O–H groups in total. The third-order valence-electron chi connectivity index (χ3n) is 5.68. The minimum atomic E-state index is -4.46. The van der Waals surface area contributed by atoms with E-state index >= 15 is 0 Å². The monoisotopic (exact) mass is 418 g/mol. The van der Waals surface area contributed by atoms with Gasteiger partial charge in [-0.1, -0.05) is 48.5 Å². The van der Waals surface area contributed by atoms with Crippen LogP contribution in [0.3, 0.4) is 0 Å². The van der Waals surface area contributed by atoms with Gasteiger partial charge >= 0.3 is 6.18 Å². The van der Waals surface area contributed by atoms with Crippen LogP contribution in [0.25, 0.3) is 0 Å². The molecule has 4 nitrogen and oxygen atoms in total. The summed E-state index contributed by atoms with van der Waals surface area (Å²) >= 11 is 0. The zero-order valence-corrected chi connectivity index (χ0v) is 17.0. The predicted molar refractivity (Wildman–Crippen MR) is 108 cm³/mol. The van der Waals surface area contributed by atoms with Gasteiger partial charge in [0.15, 0.2) is 0 Å². The lowest BCUT2D eigenvalue weighted by atomic mass is 9.87. The number of nitrogens with zero attached hydrogens (tertiary/aromatic N) is 2. The minimum Gasteiger partial charge on any atom is -0.346 e. The molecule has 3 rings (SSSR count). The standard InChI is InChI=1S/C23H25F3N2O2/c1-3-27(2)22(30)20-15-28(21(29)12-16-8-5-4-6-9-16)14-19(20)17-10-7-11-18(13-17)23(24,25)26/h4-11,13,19-20H,3,12,14-15H2,1-2H3. The number of amides is 2. The van der Waals surface area contributed by atoms with Crippen molar-refractivity contribution in [3.63, 3.8) is 0 Å². The van der Waals surface area contributed by atoms with E-state index in [1.165, 1.54) is 6.07 Å². The lowest BCUT2D eigenvalue weighted by Gasteiger charge is -2.23. The fourth-order valence-electron chi connectivity index (χ4n) is 3.86. The highest BCUT2D eigenvalue weighted by molar-refractivity contribution is 5.84. The van der Waals surface area contributed by atoms with E-state index in [-0.39, 0.29) is 31.3 Å². The van der Waals surface area contributed by atoms with Crippen molar-refractivity contribution in [1.82, 2.24) is 9.80 Å². The average molecular weight is 418 g/mol. The smallest absolute Gasteiger partial charge is 0.346 e. The Balaban J connectivity index is 1.87. The van der Waals surface area contributed by atoms with Crippen molar-refractivity contribution >= 4 is 11.8 Å². The molecule has 2 atom stereocenters. The molecule has 0 bridgehead atoms. The molecule has 0 aliphatic carbocycles. The summed E-state index contributed by atoms with van der Waals surface area (Å²) in [7, 11) is 1.67. The van der Waals surface area contributed by atoms with Crippen molar-refractivity contribution in [1.29, 1.82) is 0 Å². The van der Waals surface area contributed by atoms with Gasteiger partial charge in [-0.25, -0.2) is 0 Å². The normalized spacial score (nSPS) is 19.0. The van der Waals surface area contributed by atoms with Crippen LogP contribution in [0, 0.1) is 5.92 Å². The summed E-state index contributed by atoms with van der Waals surface area (Å²) in [4.78, 5) is 28.9. The summed E-state index contributed by atoms with van der Waals surface area (Å²) in [5.74, 6) is -1.34. The molecule has 1 saturated heterocycles. The molecule has 0 aromatic heterocycles. The Morgan fingerprint density at radius 1 is 1.07 bits per heavy atom. The van der Waals surface area contributed by atoms with Crippen LogP contribution in [0.15, 0.2) is 54.6 Å². The van der Waals surface area contributed by atoms with Gasteiger partial charge in [0.1, 0.15) is 0 Å². The van der Waals surface area contributed by atoms with Gasteiger partial charge in [-0.2, -0.15) is 13.2 Å². The number of hydrogen-bond donors (Lipinski definition) is 0. The maximum atomic E-state index is 13.2. The molecule has 0 radical (unpaired) electrons. The Hall–Kier alpha value is -2.83. The molecule has 1 fully saturated rings. The van der Waals surface area contributed by atoms with Crippen molar-refractivity contribution in [3.8, 4) is 0 Å². The van der Waals surface area contributed by atoms with Crippen molar-refractivity contribution in [2.45, 2.75) is 25.4 Å². The minimum absolute atomic E-state index is 0.132. The van der Waals surface area contributed by atoms with Crippen molar-refractivity contribution in [2.75, 3.05) is 26.7 Å². The van der Waals surface area contributed by atoms with E-state index in [1.54, 1.807) is 22.9 Å². The van der Waals surface area contributed by atoms with Crippen molar-refractivity contribution in [2.24, 2.45) is 5.92 Å². The predicted octanol–water partition coefficient (Wildman–Crippen LogP) is 3.97. The highest BCUT2D eigenvalue weighted by atomic mass is 19.4. The van der Waals surface area contributed by atoms with Gasteiger partial charge in [-0.05, 0) is 24.1 Å². The molecule has 0 spiro atoms. The Kier molecular flexibility index (Phi) is 6.48. The average Bonchev–Trinajstić information content (AvgIpc) is 3.18. The summed E-state index contributed by atoms with van der Waals surface area (Å²) in [5.41, 5.74) is 0.547. The van der Waals surface area contributed by atoms with E-state index in [4.69, 9.17) is 0 Å². The first-order chi connectivity index (χ1) is 14.2. The number of rotatable bonds is 5. The zero-order chi connectivity index (χ0) is 21.9. The van der Waals surface area contributed by atoms with Crippen LogP contribution in [-0.2, 0) is 22.2 Å². The van der Waals surface area contributed by atoms with E-state index in [0.717, 1.165) is 17.7 Å². The first-order valence-corrected chi connectivity index (χ1v) is 9.94. The molecular weight excluding hydrogens is 393 g/mol. The Morgan fingerprint density at radius 2 is 1.77 bits per heavy atom. The van der Waals surface area contributed by atoms with E-state index in [9.17, 15) is 22.8 Å². The first kappa shape index (κ1) is 21.9. The number of likely N-dealkylation sites (tertiary alicyclic amines) is 1. The number of alkyl halides is 3. The maximum Gasteiger partial charge on any atom is 0.416 e. The number of carbonyl (C=O) groups excluding carboxylic acids is 2. The number of hydrogen-bond acceptors (Lipinski definition) is 2. The summed E-state index contributed by atoms with van der Waals surface area (Å²) in [6.45, 7) is 2.75. The summed E-state index contributed by atoms with van der Waals surface area (Å²) in [6.07, 6.45) is -4.27. The second kappa shape index (κ2) is 8.90. The second-order valence-corrected chi connectivity index (χ2v) is 7.65. The summed E-state index contributed by atoms with van der Waals surface area (Å²) in [6, 6.07) is 14.4. The lowest BCUT2D eigenvalue weighted by molar-refractivity contribution is -0.137. The van der Waals surface area contributed by atoms with Gasteiger partial charge in [0.25, 0.3) is 0 Å². The summed E-state index contributed by atoms with van der Waals surface area (Å²) < 4.78 is 39.6. The van der Waals surface area contributed by atoms with Gasteiger partial charge in [-0.15, -0.1) is 0 Å². The van der Waals surface area contributed by atoms with Crippen molar-refractivity contribution < 1.29 is 22.8 Å². The van der Waals surface area contributed by atoms with Crippen LogP contribution in [-0.4, -0.2) is 48.3 Å². The number of benzene rings is 2. The van der Waals surface area contributed by atoms with Crippen LogP contribution in [0.5, 0.6) is 0 Å². The molecule has 0 saturated carbocycles. The highest BCUT2D eigenvalue weighted by Gasteiger charge is 2.42. The molecule has 160 valence electrons. The van der Waals surface area contributed by atoms with Crippen LogP contribution >= 0.6 is 0 Å². The molecule has 30 heavy (non-hydrogen) atoms. The Bertz CT molecular complexity index is 899. The van der Waals surface area contributed by atoms with Crippen LogP contribution in [0.4, 0.5) is 13.2 Å². The van der Waals surface area contributed by atoms with Gasteiger partial charge in [0.2, 0.25) is 11.8 Å². The molecular formula is C23H25F3N2O2. The van der Waals surface area contributed by atoms with Gasteiger partial charge < -0.3 is 9.80 Å². The van der Waals surface area contributed by atoms with Crippen molar-refractivity contribution in [3.05, 3.63) is 71.3 Å². The first-order valence-electron chi connectivity index (χ1n) is 9.94. The maximum absolute atomic E-state index is 13.2. The quantitative estimate of drug-likeness (QED) is 0.737. The van der Waals surface area contributed by atoms with Crippen LogP contribution < -0.4 is 0 Å². The third-order valence-corrected chi connectivity index (χ3v) is 5.68. The molecule has 1 aliphatic rings.